The molecule has 0 radical (unpaired) electrons. The van der Waals surface area contributed by atoms with Gasteiger partial charge in [-0.1, -0.05) is 114 Å². The Morgan fingerprint density at radius 1 is 0.710 bits per heavy atom. The molecule has 0 saturated heterocycles. The molecule has 0 bridgehead atoms. The molecule has 31 heavy (non-hydrogen) atoms. The number of benzene rings is 2. The van der Waals surface area contributed by atoms with E-state index in [1.807, 2.05) is 18.2 Å². The Morgan fingerprint density at radius 2 is 1.29 bits per heavy atom. The molecule has 2 aromatic carbocycles. The third kappa shape index (κ3) is 7.62. The second kappa shape index (κ2) is 12.6. The molecule has 2 rings (SSSR count). The molecule has 2 N–H and O–H groups in total. The van der Waals surface area contributed by atoms with Crippen molar-refractivity contribution in [2.75, 3.05) is 0 Å². The monoisotopic (exact) mass is 438 g/mol. The first-order valence-corrected chi connectivity index (χ1v) is 15.9. The van der Waals surface area contributed by atoms with Crippen LogP contribution in [0, 0.1) is 0 Å². The summed E-state index contributed by atoms with van der Waals surface area (Å²) in [4.78, 5) is 0. The normalized spacial score (nSPS) is 11.7. The zero-order valence-electron chi connectivity index (χ0n) is 20.5. The SMILES string of the molecule is CCCCCCc1cc([Si](C)(C)C)c(CCCCCC)cc1-c1ccccc1B(O)O. The lowest BCUT2D eigenvalue weighted by molar-refractivity contribution is 0.426. The third-order valence-corrected chi connectivity index (χ3v) is 8.35. The van der Waals surface area contributed by atoms with Crippen molar-refractivity contribution in [2.24, 2.45) is 0 Å². The minimum atomic E-state index is -1.49. The third-order valence-electron chi connectivity index (χ3n) is 6.27. The lowest BCUT2D eigenvalue weighted by Crippen LogP contribution is -2.41. The van der Waals surface area contributed by atoms with Crippen LogP contribution in [0.15, 0.2) is 36.4 Å². The van der Waals surface area contributed by atoms with Gasteiger partial charge in [0.2, 0.25) is 0 Å². The van der Waals surface area contributed by atoms with Crippen LogP contribution >= 0.6 is 0 Å². The van der Waals surface area contributed by atoms with Crippen molar-refractivity contribution in [1.29, 1.82) is 0 Å². The van der Waals surface area contributed by atoms with E-state index in [-0.39, 0.29) is 0 Å². The van der Waals surface area contributed by atoms with Crippen molar-refractivity contribution in [1.82, 2.24) is 0 Å². The quantitative estimate of drug-likeness (QED) is 0.305. The highest BCUT2D eigenvalue weighted by molar-refractivity contribution is 6.89. The first-order valence-electron chi connectivity index (χ1n) is 12.4. The summed E-state index contributed by atoms with van der Waals surface area (Å²) in [7, 11) is -2.94. The summed E-state index contributed by atoms with van der Waals surface area (Å²) in [5, 5.41) is 21.6. The van der Waals surface area contributed by atoms with E-state index in [4.69, 9.17) is 0 Å². The van der Waals surface area contributed by atoms with Crippen LogP contribution in [0.3, 0.4) is 0 Å². The highest BCUT2D eigenvalue weighted by atomic mass is 28.3. The number of hydrogen-bond donors (Lipinski definition) is 2. The molecule has 0 unspecified atom stereocenters. The summed E-state index contributed by atoms with van der Waals surface area (Å²) in [5.74, 6) is 0. The van der Waals surface area contributed by atoms with Crippen LogP contribution in [0.2, 0.25) is 19.6 Å². The molecule has 0 heterocycles. The summed E-state index contributed by atoms with van der Waals surface area (Å²) < 4.78 is 0. The second-order valence-corrected chi connectivity index (χ2v) is 15.0. The second-order valence-electron chi connectivity index (χ2n) is 10.00. The highest BCUT2D eigenvalue weighted by Crippen LogP contribution is 2.27. The highest BCUT2D eigenvalue weighted by Gasteiger charge is 2.24. The Bertz CT molecular complexity index is 811. The van der Waals surface area contributed by atoms with E-state index in [0.29, 0.717) is 5.46 Å². The van der Waals surface area contributed by atoms with E-state index in [2.05, 4.69) is 51.7 Å². The Labute approximate surface area is 192 Å². The Morgan fingerprint density at radius 3 is 1.84 bits per heavy atom. The fraction of sp³-hybridized carbons (Fsp3) is 0.556. The van der Waals surface area contributed by atoms with Gasteiger partial charge in [0, 0.05) is 0 Å². The largest absolute Gasteiger partial charge is 0.489 e. The average Bonchev–Trinajstić information content (AvgIpc) is 2.73. The maximum atomic E-state index is 10.0. The zero-order chi connectivity index (χ0) is 22.9. The van der Waals surface area contributed by atoms with Crippen molar-refractivity contribution < 1.29 is 10.0 Å². The minimum absolute atomic E-state index is 0.606. The lowest BCUT2D eigenvalue weighted by Gasteiger charge is -2.25. The molecule has 0 aliphatic heterocycles. The van der Waals surface area contributed by atoms with Gasteiger partial charge >= 0.3 is 7.12 Å². The van der Waals surface area contributed by atoms with Crippen LogP contribution in [-0.2, 0) is 12.8 Å². The topological polar surface area (TPSA) is 40.5 Å². The van der Waals surface area contributed by atoms with Crippen LogP contribution < -0.4 is 10.6 Å². The molecule has 4 heteroatoms. The molecule has 0 aromatic heterocycles. The smallest absolute Gasteiger partial charge is 0.423 e. The van der Waals surface area contributed by atoms with Gasteiger partial charge in [-0.3, -0.25) is 0 Å². The zero-order valence-corrected chi connectivity index (χ0v) is 21.5. The van der Waals surface area contributed by atoms with Gasteiger partial charge in [0.15, 0.2) is 0 Å². The molecule has 2 nitrogen and oxygen atoms in total. The molecule has 2 aromatic rings. The molecular formula is C27H43BO2Si. The van der Waals surface area contributed by atoms with Crippen LogP contribution in [0.5, 0.6) is 0 Å². The molecule has 0 fully saturated rings. The first-order chi connectivity index (χ1) is 14.8. The van der Waals surface area contributed by atoms with Crippen LogP contribution in [0.25, 0.3) is 11.1 Å². The Kier molecular flexibility index (Phi) is 10.5. The number of rotatable bonds is 13. The molecule has 0 aliphatic carbocycles. The number of aryl methyl sites for hydroxylation is 2. The van der Waals surface area contributed by atoms with E-state index in [0.717, 1.165) is 18.4 Å². The summed E-state index contributed by atoms with van der Waals surface area (Å²) in [6, 6.07) is 12.7. The van der Waals surface area contributed by atoms with Crippen molar-refractivity contribution in [2.45, 2.75) is 97.7 Å². The van der Waals surface area contributed by atoms with Crippen molar-refractivity contribution in [3.8, 4) is 11.1 Å². The van der Waals surface area contributed by atoms with E-state index in [1.165, 1.54) is 68.1 Å². The maximum absolute atomic E-state index is 10.0. The fourth-order valence-corrected chi connectivity index (χ4v) is 6.27. The van der Waals surface area contributed by atoms with Crippen molar-refractivity contribution in [3.05, 3.63) is 47.5 Å². The van der Waals surface area contributed by atoms with Gasteiger partial charge in [-0.15, -0.1) is 0 Å². The molecule has 0 saturated carbocycles. The summed E-state index contributed by atoms with van der Waals surface area (Å²) >= 11 is 0. The molecule has 0 atom stereocenters. The molecule has 0 amide bonds. The van der Waals surface area contributed by atoms with Gasteiger partial charge in [-0.25, -0.2) is 0 Å². The van der Waals surface area contributed by atoms with Gasteiger partial charge in [-0.05, 0) is 53.4 Å². The van der Waals surface area contributed by atoms with E-state index >= 15 is 0 Å². The molecule has 0 spiro atoms. The molecule has 0 aliphatic rings. The van der Waals surface area contributed by atoms with Gasteiger partial charge in [0.25, 0.3) is 0 Å². The Hall–Kier alpha value is -1.36. The van der Waals surface area contributed by atoms with Crippen molar-refractivity contribution >= 4 is 25.8 Å². The van der Waals surface area contributed by atoms with E-state index in [9.17, 15) is 10.0 Å². The predicted molar refractivity (Wildman–Crippen MR) is 140 cm³/mol. The minimum Gasteiger partial charge on any atom is -0.423 e. The van der Waals surface area contributed by atoms with E-state index in [1.54, 1.807) is 5.19 Å². The predicted octanol–water partition coefficient (Wildman–Crippen LogP) is 5.82. The fourth-order valence-electron chi connectivity index (χ4n) is 4.50. The summed E-state index contributed by atoms with van der Waals surface area (Å²) in [6.45, 7) is 11.9. The van der Waals surface area contributed by atoms with Gasteiger partial charge in [-0.2, -0.15) is 0 Å². The van der Waals surface area contributed by atoms with Gasteiger partial charge in [0.1, 0.15) is 0 Å². The summed E-state index contributed by atoms with van der Waals surface area (Å²) in [6.07, 6.45) is 12.2. The number of hydrogen-bond acceptors (Lipinski definition) is 2. The van der Waals surface area contributed by atoms with Gasteiger partial charge < -0.3 is 10.0 Å². The standard InChI is InChI=1S/C27H43BO2Si/c1-6-8-10-12-16-22-21-27(31(3,4)5)23(17-13-11-9-7-2)20-25(22)24-18-14-15-19-26(24)28(29)30/h14-15,18-21,29-30H,6-13,16-17H2,1-5H3. The van der Waals surface area contributed by atoms with E-state index < -0.39 is 15.2 Å². The first kappa shape index (κ1) is 25.9. The number of unbranched alkanes of at least 4 members (excludes halogenated alkanes) is 6. The summed E-state index contributed by atoms with van der Waals surface area (Å²) in [5.41, 5.74) is 5.63. The molecular weight excluding hydrogens is 395 g/mol. The average molecular weight is 439 g/mol. The Balaban J connectivity index is 2.55. The lowest BCUT2D eigenvalue weighted by atomic mass is 9.74. The molecule has 170 valence electrons. The van der Waals surface area contributed by atoms with Crippen LogP contribution in [0.1, 0.15) is 76.3 Å². The van der Waals surface area contributed by atoms with Gasteiger partial charge in [0.05, 0.1) is 8.07 Å². The van der Waals surface area contributed by atoms with Crippen LogP contribution in [-0.4, -0.2) is 25.2 Å². The van der Waals surface area contributed by atoms with Crippen molar-refractivity contribution in [3.63, 3.8) is 0 Å². The van der Waals surface area contributed by atoms with Crippen LogP contribution in [0.4, 0.5) is 0 Å². The maximum Gasteiger partial charge on any atom is 0.489 e.